The Morgan fingerprint density at radius 1 is 1.40 bits per heavy atom. The van der Waals surface area contributed by atoms with Crippen LogP contribution < -0.4 is 0 Å². The van der Waals surface area contributed by atoms with Crippen molar-refractivity contribution >= 4 is 5.91 Å². The molecule has 2 fully saturated rings. The van der Waals surface area contributed by atoms with Gasteiger partial charge in [-0.25, -0.2) is 0 Å². The SMILES string of the molecule is Cn1ccc(C(=O)N2CC3(C[C@H](OCc4ccccn4)CCO3)C2)n1. The monoisotopic (exact) mass is 342 g/mol. The lowest BCUT2D eigenvalue weighted by Gasteiger charge is -2.52. The molecule has 0 aromatic carbocycles. The number of carbonyl (C=O) groups is 1. The van der Waals surface area contributed by atoms with E-state index in [1.54, 1.807) is 28.0 Å². The van der Waals surface area contributed by atoms with Crippen molar-refractivity contribution in [2.45, 2.75) is 31.2 Å². The average molecular weight is 342 g/mol. The summed E-state index contributed by atoms with van der Waals surface area (Å²) in [6.07, 6.45) is 5.38. The van der Waals surface area contributed by atoms with E-state index in [1.165, 1.54) is 0 Å². The molecule has 7 heteroatoms. The van der Waals surface area contributed by atoms with Gasteiger partial charge in [-0.3, -0.25) is 14.5 Å². The number of pyridine rings is 1. The minimum atomic E-state index is -0.266. The molecule has 0 N–H and O–H groups in total. The molecule has 0 radical (unpaired) electrons. The molecule has 0 bridgehead atoms. The summed E-state index contributed by atoms with van der Waals surface area (Å²) < 4.78 is 13.7. The summed E-state index contributed by atoms with van der Waals surface area (Å²) in [4.78, 5) is 18.5. The molecule has 7 nitrogen and oxygen atoms in total. The van der Waals surface area contributed by atoms with E-state index in [9.17, 15) is 4.79 Å². The maximum Gasteiger partial charge on any atom is 0.274 e. The van der Waals surface area contributed by atoms with Crippen LogP contribution in [0, 0.1) is 0 Å². The number of carbonyl (C=O) groups excluding carboxylic acids is 1. The number of aromatic nitrogens is 3. The number of ether oxygens (including phenoxy) is 2. The summed E-state index contributed by atoms with van der Waals surface area (Å²) in [6, 6.07) is 7.57. The van der Waals surface area contributed by atoms with Crippen molar-refractivity contribution in [3.63, 3.8) is 0 Å². The van der Waals surface area contributed by atoms with Gasteiger partial charge in [0.05, 0.1) is 31.5 Å². The Labute approximate surface area is 146 Å². The second-order valence-electron chi connectivity index (χ2n) is 6.81. The molecule has 1 atom stereocenters. The average Bonchev–Trinajstić information content (AvgIpc) is 3.05. The molecule has 0 aliphatic carbocycles. The molecule has 2 aromatic rings. The van der Waals surface area contributed by atoms with Gasteiger partial charge in [0, 0.05) is 32.5 Å². The lowest BCUT2D eigenvalue weighted by molar-refractivity contribution is -0.188. The Morgan fingerprint density at radius 2 is 2.28 bits per heavy atom. The van der Waals surface area contributed by atoms with Crippen molar-refractivity contribution in [3.8, 4) is 0 Å². The quantitative estimate of drug-likeness (QED) is 0.840. The van der Waals surface area contributed by atoms with Gasteiger partial charge in [0.1, 0.15) is 11.3 Å². The number of hydrogen-bond donors (Lipinski definition) is 0. The highest BCUT2D eigenvalue weighted by Gasteiger charge is 2.50. The number of aryl methyl sites for hydroxylation is 1. The summed E-state index contributed by atoms with van der Waals surface area (Å²) in [7, 11) is 1.81. The topological polar surface area (TPSA) is 69.5 Å². The van der Waals surface area contributed by atoms with Gasteiger partial charge in [-0.2, -0.15) is 5.10 Å². The number of hydrogen-bond acceptors (Lipinski definition) is 5. The molecule has 132 valence electrons. The largest absolute Gasteiger partial charge is 0.372 e. The van der Waals surface area contributed by atoms with Crippen molar-refractivity contribution in [3.05, 3.63) is 48.0 Å². The first kappa shape index (κ1) is 16.2. The Balaban J connectivity index is 1.31. The lowest BCUT2D eigenvalue weighted by Crippen LogP contribution is -2.67. The van der Waals surface area contributed by atoms with Gasteiger partial charge in [-0.15, -0.1) is 0 Å². The normalized spacial score (nSPS) is 22.0. The van der Waals surface area contributed by atoms with Gasteiger partial charge < -0.3 is 14.4 Å². The molecule has 4 rings (SSSR count). The van der Waals surface area contributed by atoms with E-state index in [0.717, 1.165) is 18.5 Å². The zero-order chi connectivity index (χ0) is 17.3. The molecule has 2 aliphatic rings. The molecule has 4 heterocycles. The number of amides is 1. The molecule has 2 aromatic heterocycles. The lowest BCUT2D eigenvalue weighted by atomic mass is 9.84. The first-order valence-corrected chi connectivity index (χ1v) is 8.58. The molecule has 1 spiro atoms. The van der Waals surface area contributed by atoms with Crippen molar-refractivity contribution in [1.82, 2.24) is 19.7 Å². The molecule has 25 heavy (non-hydrogen) atoms. The first-order valence-electron chi connectivity index (χ1n) is 8.58. The van der Waals surface area contributed by atoms with Crippen LogP contribution in [0.15, 0.2) is 36.7 Å². The van der Waals surface area contributed by atoms with Gasteiger partial charge in [-0.05, 0) is 24.6 Å². The highest BCUT2D eigenvalue weighted by atomic mass is 16.5. The smallest absolute Gasteiger partial charge is 0.274 e. The standard InChI is InChI=1S/C18H22N4O3/c1-21-8-5-16(20-21)17(23)22-12-18(13-22)10-15(6-9-25-18)24-11-14-4-2-3-7-19-14/h2-5,7-8,15H,6,9-13H2,1H3/t15-/m1/s1. The van der Waals surface area contributed by atoms with E-state index >= 15 is 0 Å². The second kappa shape index (κ2) is 6.57. The summed E-state index contributed by atoms with van der Waals surface area (Å²) in [5.41, 5.74) is 1.15. The summed E-state index contributed by atoms with van der Waals surface area (Å²) in [5, 5.41) is 4.18. The summed E-state index contributed by atoms with van der Waals surface area (Å²) in [6.45, 7) is 2.38. The highest BCUT2D eigenvalue weighted by molar-refractivity contribution is 5.93. The zero-order valence-electron chi connectivity index (χ0n) is 14.3. The fourth-order valence-electron chi connectivity index (χ4n) is 3.52. The van der Waals surface area contributed by atoms with Crippen LogP contribution in [-0.2, 0) is 23.1 Å². The van der Waals surface area contributed by atoms with E-state index in [4.69, 9.17) is 9.47 Å². The van der Waals surface area contributed by atoms with E-state index in [2.05, 4.69) is 10.1 Å². The van der Waals surface area contributed by atoms with Crippen molar-refractivity contribution in [1.29, 1.82) is 0 Å². The van der Waals surface area contributed by atoms with Crippen molar-refractivity contribution in [2.75, 3.05) is 19.7 Å². The third-order valence-electron chi connectivity index (χ3n) is 4.82. The first-order chi connectivity index (χ1) is 12.1. The summed E-state index contributed by atoms with van der Waals surface area (Å²) in [5.74, 6) is -0.0358. The predicted octanol–water partition coefficient (Wildman–Crippen LogP) is 1.41. The van der Waals surface area contributed by atoms with E-state index in [1.807, 2.05) is 25.2 Å². The maximum atomic E-state index is 12.4. The maximum absolute atomic E-state index is 12.4. The van der Waals surface area contributed by atoms with Crippen LogP contribution in [-0.4, -0.2) is 57.0 Å². The Morgan fingerprint density at radius 3 is 3.00 bits per heavy atom. The van der Waals surface area contributed by atoms with Gasteiger partial charge in [0.25, 0.3) is 5.91 Å². The number of likely N-dealkylation sites (tertiary alicyclic amines) is 1. The van der Waals surface area contributed by atoms with Gasteiger partial charge in [-0.1, -0.05) is 6.07 Å². The third kappa shape index (κ3) is 3.43. The molecule has 0 unspecified atom stereocenters. The van der Waals surface area contributed by atoms with Gasteiger partial charge in [0.2, 0.25) is 0 Å². The third-order valence-corrected chi connectivity index (χ3v) is 4.82. The minimum Gasteiger partial charge on any atom is -0.372 e. The Kier molecular flexibility index (Phi) is 4.27. The van der Waals surface area contributed by atoms with Crippen LogP contribution in [0.25, 0.3) is 0 Å². The van der Waals surface area contributed by atoms with E-state index in [-0.39, 0.29) is 17.6 Å². The molecular formula is C18H22N4O3. The van der Waals surface area contributed by atoms with Gasteiger partial charge >= 0.3 is 0 Å². The highest BCUT2D eigenvalue weighted by Crippen LogP contribution is 2.36. The zero-order valence-corrected chi connectivity index (χ0v) is 14.3. The van der Waals surface area contributed by atoms with Crippen molar-refractivity contribution in [2.24, 2.45) is 7.05 Å². The van der Waals surface area contributed by atoms with Crippen LogP contribution in [0.3, 0.4) is 0 Å². The number of nitrogens with zero attached hydrogens (tertiary/aromatic N) is 4. The van der Waals surface area contributed by atoms with Crippen LogP contribution in [0.1, 0.15) is 29.0 Å². The molecular weight excluding hydrogens is 320 g/mol. The molecule has 1 amide bonds. The van der Waals surface area contributed by atoms with Crippen LogP contribution in [0.2, 0.25) is 0 Å². The predicted molar refractivity (Wildman–Crippen MR) is 89.8 cm³/mol. The molecule has 2 aliphatic heterocycles. The molecule has 2 saturated heterocycles. The van der Waals surface area contributed by atoms with Crippen molar-refractivity contribution < 1.29 is 14.3 Å². The Hall–Kier alpha value is -2.25. The van der Waals surface area contributed by atoms with Crippen LogP contribution >= 0.6 is 0 Å². The van der Waals surface area contributed by atoms with Gasteiger partial charge in [0.15, 0.2) is 0 Å². The van der Waals surface area contributed by atoms with E-state index in [0.29, 0.717) is 32.0 Å². The molecule has 0 saturated carbocycles. The fraction of sp³-hybridized carbons (Fsp3) is 0.500. The fourth-order valence-corrected chi connectivity index (χ4v) is 3.52. The minimum absolute atomic E-state index is 0.0358. The summed E-state index contributed by atoms with van der Waals surface area (Å²) >= 11 is 0. The second-order valence-corrected chi connectivity index (χ2v) is 6.81. The van der Waals surface area contributed by atoms with E-state index < -0.39 is 0 Å². The van der Waals surface area contributed by atoms with Crippen LogP contribution in [0.4, 0.5) is 0 Å². The van der Waals surface area contributed by atoms with Crippen LogP contribution in [0.5, 0.6) is 0 Å². The Bertz CT molecular complexity index is 740. The number of rotatable bonds is 4.